The molecule has 1 amide bonds. The Balaban J connectivity index is 1.36. The highest BCUT2D eigenvalue weighted by Crippen LogP contribution is 2.22. The minimum absolute atomic E-state index is 0.0887. The SMILES string of the molecule is Cc1cc(NCc2ccc(NC(=O)Cc3ccc[nH]3)cc2)nc(N2CCCS2(=O)=O)n1. The van der Waals surface area contributed by atoms with Crippen LogP contribution in [0.4, 0.5) is 17.5 Å². The zero-order valence-electron chi connectivity index (χ0n) is 17.1. The second kappa shape index (κ2) is 8.76. The van der Waals surface area contributed by atoms with Gasteiger partial charge in [0.15, 0.2) is 0 Å². The molecule has 162 valence electrons. The lowest BCUT2D eigenvalue weighted by Gasteiger charge is -2.16. The third-order valence-electron chi connectivity index (χ3n) is 4.89. The van der Waals surface area contributed by atoms with Gasteiger partial charge in [-0.05, 0) is 43.2 Å². The van der Waals surface area contributed by atoms with E-state index < -0.39 is 10.0 Å². The number of nitrogens with one attached hydrogen (secondary N) is 3. The fourth-order valence-corrected chi connectivity index (χ4v) is 4.83. The number of carbonyl (C=O) groups is 1. The predicted octanol–water partition coefficient (Wildman–Crippen LogP) is 2.45. The number of rotatable bonds is 7. The summed E-state index contributed by atoms with van der Waals surface area (Å²) in [7, 11) is -3.33. The number of amides is 1. The van der Waals surface area contributed by atoms with E-state index in [0.717, 1.165) is 16.9 Å². The molecule has 0 saturated carbocycles. The molecule has 2 aromatic heterocycles. The summed E-state index contributed by atoms with van der Waals surface area (Å²) < 4.78 is 25.6. The van der Waals surface area contributed by atoms with Crippen molar-refractivity contribution in [3.63, 3.8) is 0 Å². The largest absolute Gasteiger partial charge is 0.366 e. The minimum atomic E-state index is -3.33. The van der Waals surface area contributed by atoms with Crippen LogP contribution in [-0.2, 0) is 27.8 Å². The maximum atomic E-state index is 12.2. The molecule has 1 aliphatic heterocycles. The molecule has 9 nitrogen and oxygen atoms in total. The summed E-state index contributed by atoms with van der Waals surface area (Å²) >= 11 is 0. The van der Waals surface area contributed by atoms with Gasteiger partial charge in [0.25, 0.3) is 0 Å². The van der Waals surface area contributed by atoms with Gasteiger partial charge in [-0.1, -0.05) is 12.1 Å². The lowest BCUT2D eigenvalue weighted by Crippen LogP contribution is -2.27. The molecule has 1 fully saturated rings. The topological polar surface area (TPSA) is 120 Å². The Morgan fingerprint density at radius 1 is 1.19 bits per heavy atom. The number of sulfonamides is 1. The molecule has 3 aromatic rings. The predicted molar refractivity (Wildman–Crippen MR) is 119 cm³/mol. The number of H-pyrrole nitrogens is 1. The van der Waals surface area contributed by atoms with Crippen molar-refractivity contribution in [1.29, 1.82) is 0 Å². The molecule has 10 heteroatoms. The Morgan fingerprint density at radius 2 is 2.00 bits per heavy atom. The van der Waals surface area contributed by atoms with E-state index in [1.807, 2.05) is 43.3 Å². The highest BCUT2D eigenvalue weighted by Gasteiger charge is 2.30. The number of aromatic amines is 1. The summed E-state index contributed by atoms with van der Waals surface area (Å²) in [5.74, 6) is 0.809. The van der Waals surface area contributed by atoms with Crippen molar-refractivity contribution < 1.29 is 13.2 Å². The van der Waals surface area contributed by atoms with Crippen molar-refractivity contribution >= 4 is 33.4 Å². The van der Waals surface area contributed by atoms with Crippen molar-refractivity contribution in [2.24, 2.45) is 0 Å². The molecule has 3 N–H and O–H groups in total. The van der Waals surface area contributed by atoms with E-state index in [4.69, 9.17) is 0 Å². The third kappa shape index (κ3) is 5.21. The summed E-state index contributed by atoms with van der Waals surface area (Å²) in [6, 6.07) is 13.0. The molecule has 0 atom stereocenters. The van der Waals surface area contributed by atoms with Gasteiger partial charge in [0.05, 0.1) is 12.2 Å². The lowest BCUT2D eigenvalue weighted by molar-refractivity contribution is -0.115. The zero-order chi connectivity index (χ0) is 21.8. The fraction of sp³-hybridized carbons (Fsp3) is 0.286. The van der Waals surface area contributed by atoms with Gasteiger partial charge in [0.2, 0.25) is 21.9 Å². The lowest BCUT2D eigenvalue weighted by atomic mass is 10.2. The molecule has 1 aliphatic rings. The Bertz CT molecular complexity index is 1160. The second-order valence-corrected chi connectivity index (χ2v) is 9.42. The summed E-state index contributed by atoms with van der Waals surface area (Å²) in [4.78, 5) is 23.8. The highest BCUT2D eigenvalue weighted by molar-refractivity contribution is 7.93. The number of aromatic nitrogens is 3. The van der Waals surface area contributed by atoms with E-state index in [-0.39, 0.29) is 17.6 Å². The van der Waals surface area contributed by atoms with E-state index in [0.29, 0.717) is 37.4 Å². The van der Waals surface area contributed by atoms with Gasteiger partial charge < -0.3 is 15.6 Å². The van der Waals surface area contributed by atoms with Crippen LogP contribution in [0.5, 0.6) is 0 Å². The first-order chi connectivity index (χ1) is 14.9. The van der Waals surface area contributed by atoms with Crippen molar-refractivity contribution in [2.75, 3.05) is 27.2 Å². The summed E-state index contributed by atoms with van der Waals surface area (Å²) in [5, 5.41) is 6.09. The van der Waals surface area contributed by atoms with Crippen LogP contribution >= 0.6 is 0 Å². The van der Waals surface area contributed by atoms with Gasteiger partial charge in [0.1, 0.15) is 5.82 Å². The fourth-order valence-electron chi connectivity index (χ4n) is 3.37. The van der Waals surface area contributed by atoms with E-state index in [1.165, 1.54) is 4.31 Å². The van der Waals surface area contributed by atoms with E-state index in [1.54, 1.807) is 12.3 Å². The number of carbonyl (C=O) groups excluding carboxylic acids is 1. The third-order valence-corrected chi connectivity index (χ3v) is 6.71. The molecule has 0 bridgehead atoms. The average molecular weight is 441 g/mol. The molecule has 0 unspecified atom stereocenters. The van der Waals surface area contributed by atoms with Gasteiger partial charge in [-0.25, -0.2) is 17.7 Å². The van der Waals surface area contributed by atoms with Crippen LogP contribution in [0, 0.1) is 6.92 Å². The first kappa shape index (κ1) is 20.9. The van der Waals surface area contributed by atoms with Crippen LogP contribution in [0.2, 0.25) is 0 Å². The molecule has 0 spiro atoms. The second-order valence-electron chi connectivity index (χ2n) is 7.41. The number of benzene rings is 1. The van der Waals surface area contributed by atoms with Gasteiger partial charge in [-0.3, -0.25) is 4.79 Å². The van der Waals surface area contributed by atoms with Crippen LogP contribution in [0.1, 0.15) is 23.4 Å². The van der Waals surface area contributed by atoms with Gasteiger partial charge in [-0.2, -0.15) is 4.98 Å². The number of anilines is 3. The summed E-state index contributed by atoms with van der Waals surface area (Å²) in [5.41, 5.74) is 3.27. The molecular weight excluding hydrogens is 416 g/mol. The Labute approximate surface area is 181 Å². The number of hydrogen-bond donors (Lipinski definition) is 3. The van der Waals surface area contributed by atoms with Gasteiger partial charge in [0, 0.05) is 42.4 Å². The van der Waals surface area contributed by atoms with Crippen molar-refractivity contribution in [3.05, 3.63) is 65.6 Å². The van der Waals surface area contributed by atoms with Gasteiger partial charge in [-0.15, -0.1) is 0 Å². The van der Waals surface area contributed by atoms with Crippen molar-refractivity contribution in [3.8, 4) is 0 Å². The molecule has 0 radical (unpaired) electrons. The highest BCUT2D eigenvalue weighted by atomic mass is 32.2. The smallest absolute Gasteiger partial charge is 0.241 e. The van der Waals surface area contributed by atoms with E-state index in [2.05, 4.69) is 25.6 Å². The van der Waals surface area contributed by atoms with Crippen LogP contribution in [-0.4, -0.2) is 41.6 Å². The minimum Gasteiger partial charge on any atom is -0.366 e. The monoisotopic (exact) mass is 440 g/mol. The first-order valence-corrected chi connectivity index (χ1v) is 11.6. The van der Waals surface area contributed by atoms with E-state index >= 15 is 0 Å². The molecule has 0 aliphatic carbocycles. The van der Waals surface area contributed by atoms with Crippen LogP contribution in [0.25, 0.3) is 0 Å². The van der Waals surface area contributed by atoms with Crippen molar-refractivity contribution in [1.82, 2.24) is 15.0 Å². The molecule has 4 rings (SSSR count). The zero-order valence-corrected chi connectivity index (χ0v) is 17.9. The Hall–Kier alpha value is -3.40. The standard InChI is InChI=1S/C21H24N6O3S/c1-15-12-19(26-21(24-15)27-10-3-11-31(27,29)30)23-14-16-5-7-17(8-6-16)25-20(28)13-18-4-2-9-22-18/h2,4-9,12,22H,3,10-11,13-14H2,1H3,(H,25,28)(H,23,24,26). The van der Waals surface area contributed by atoms with Crippen LogP contribution < -0.4 is 14.9 Å². The maximum absolute atomic E-state index is 12.2. The molecular formula is C21H24N6O3S. The van der Waals surface area contributed by atoms with Crippen LogP contribution in [0.15, 0.2) is 48.7 Å². The average Bonchev–Trinajstić information content (AvgIpc) is 3.35. The first-order valence-electron chi connectivity index (χ1n) is 10.00. The Morgan fingerprint density at radius 3 is 2.68 bits per heavy atom. The van der Waals surface area contributed by atoms with Gasteiger partial charge >= 0.3 is 0 Å². The normalized spacial score (nSPS) is 15.1. The molecule has 1 saturated heterocycles. The Kier molecular flexibility index (Phi) is 5.90. The van der Waals surface area contributed by atoms with Crippen LogP contribution in [0.3, 0.4) is 0 Å². The molecule has 1 aromatic carbocycles. The maximum Gasteiger partial charge on any atom is 0.241 e. The number of hydrogen-bond acceptors (Lipinski definition) is 6. The summed E-state index contributed by atoms with van der Waals surface area (Å²) in [6.45, 7) is 2.71. The van der Waals surface area contributed by atoms with E-state index in [9.17, 15) is 13.2 Å². The number of nitrogens with zero attached hydrogens (tertiary/aromatic N) is 3. The quantitative estimate of drug-likeness (QED) is 0.519. The molecule has 3 heterocycles. The summed E-state index contributed by atoms with van der Waals surface area (Å²) in [6.07, 6.45) is 2.66. The van der Waals surface area contributed by atoms with Crippen molar-refractivity contribution in [2.45, 2.75) is 26.3 Å². The number of aryl methyl sites for hydroxylation is 1. The molecule has 31 heavy (non-hydrogen) atoms.